The smallest absolute Gasteiger partial charge is 0.493 e. The zero-order valence-electron chi connectivity index (χ0n) is 17.4. The number of nitrogens with zero attached hydrogens (tertiary/aromatic N) is 2. The van der Waals surface area contributed by atoms with Crippen LogP contribution >= 0.6 is 0 Å². The fourth-order valence-electron chi connectivity index (χ4n) is 3.59. The summed E-state index contributed by atoms with van der Waals surface area (Å²) in [5, 5.41) is 0. The predicted octanol–water partition coefficient (Wildman–Crippen LogP) is 4.20. The molecule has 31 heavy (non-hydrogen) atoms. The number of hydrogen-bond acceptors (Lipinski definition) is 5. The van der Waals surface area contributed by atoms with Crippen molar-refractivity contribution in [2.24, 2.45) is 0 Å². The minimum Gasteiger partial charge on any atom is -0.493 e. The topological polar surface area (TPSA) is 60.9 Å². The van der Waals surface area contributed by atoms with E-state index in [0.29, 0.717) is 18.7 Å². The maximum absolute atomic E-state index is 13.0. The molecule has 1 aromatic heterocycles. The van der Waals surface area contributed by atoms with E-state index in [1.807, 2.05) is 18.2 Å². The molecule has 1 aromatic carbocycles. The van der Waals surface area contributed by atoms with E-state index in [1.54, 1.807) is 17.2 Å². The van der Waals surface area contributed by atoms with Crippen LogP contribution in [0.5, 0.6) is 11.5 Å². The SMILES string of the molecule is COc1cc(C(=O)N2CCC(C)(c3ccccn3)CC2)ccc1OCCOC(F)(F)F. The predicted molar refractivity (Wildman–Crippen MR) is 107 cm³/mol. The lowest BCUT2D eigenvalue weighted by atomic mass is 9.77. The number of amides is 1. The normalized spacial score (nSPS) is 16.1. The Morgan fingerprint density at radius 3 is 2.48 bits per heavy atom. The lowest BCUT2D eigenvalue weighted by Crippen LogP contribution is -2.44. The fraction of sp³-hybridized carbons (Fsp3) is 0.455. The Morgan fingerprint density at radius 2 is 1.87 bits per heavy atom. The average molecular weight is 438 g/mol. The Bertz CT molecular complexity index is 882. The summed E-state index contributed by atoms with van der Waals surface area (Å²) in [4.78, 5) is 19.2. The molecule has 1 saturated heterocycles. The molecule has 0 atom stereocenters. The van der Waals surface area contributed by atoms with Gasteiger partial charge in [0.25, 0.3) is 5.91 Å². The molecule has 6 nitrogen and oxygen atoms in total. The highest BCUT2D eigenvalue weighted by Gasteiger charge is 2.34. The van der Waals surface area contributed by atoms with Gasteiger partial charge in [0, 0.05) is 36.0 Å². The first-order valence-corrected chi connectivity index (χ1v) is 9.94. The van der Waals surface area contributed by atoms with Crippen molar-refractivity contribution in [2.75, 3.05) is 33.4 Å². The molecule has 168 valence electrons. The lowest BCUT2D eigenvalue weighted by Gasteiger charge is -2.39. The Labute approximate surface area is 178 Å². The monoisotopic (exact) mass is 438 g/mol. The van der Waals surface area contributed by atoms with Gasteiger partial charge in [-0.3, -0.25) is 14.5 Å². The first-order chi connectivity index (χ1) is 14.7. The molecule has 3 rings (SSSR count). The molecule has 2 heterocycles. The van der Waals surface area contributed by atoms with Crippen molar-refractivity contribution in [1.29, 1.82) is 0 Å². The van der Waals surface area contributed by atoms with Crippen LogP contribution in [-0.4, -0.2) is 55.6 Å². The van der Waals surface area contributed by atoms with Gasteiger partial charge in [-0.25, -0.2) is 0 Å². The number of likely N-dealkylation sites (tertiary alicyclic amines) is 1. The number of carbonyl (C=O) groups is 1. The molecule has 1 amide bonds. The van der Waals surface area contributed by atoms with Gasteiger partial charge in [0.15, 0.2) is 11.5 Å². The summed E-state index contributed by atoms with van der Waals surface area (Å²) in [6, 6.07) is 10.5. The summed E-state index contributed by atoms with van der Waals surface area (Å²) >= 11 is 0. The van der Waals surface area contributed by atoms with Crippen molar-refractivity contribution in [3.63, 3.8) is 0 Å². The van der Waals surface area contributed by atoms with E-state index in [9.17, 15) is 18.0 Å². The van der Waals surface area contributed by atoms with E-state index in [0.717, 1.165) is 18.5 Å². The minimum atomic E-state index is -4.70. The number of alkyl halides is 3. The second-order valence-electron chi connectivity index (χ2n) is 7.58. The van der Waals surface area contributed by atoms with Crippen LogP contribution in [-0.2, 0) is 10.2 Å². The van der Waals surface area contributed by atoms with Crippen LogP contribution < -0.4 is 9.47 Å². The molecular weight excluding hydrogens is 413 g/mol. The second-order valence-corrected chi connectivity index (χ2v) is 7.58. The number of hydrogen-bond donors (Lipinski definition) is 0. The Balaban J connectivity index is 1.60. The van der Waals surface area contributed by atoms with E-state index in [-0.39, 0.29) is 29.4 Å². The second kappa shape index (κ2) is 9.55. The number of pyridine rings is 1. The molecule has 1 aliphatic rings. The van der Waals surface area contributed by atoms with Crippen LogP contribution in [0.1, 0.15) is 35.8 Å². The highest BCUT2D eigenvalue weighted by Crippen LogP contribution is 2.35. The third kappa shape index (κ3) is 5.88. The summed E-state index contributed by atoms with van der Waals surface area (Å²) in [5.74, 6) is 0.382. The van der Waals surface area contributed by atoms with Crippen LogP contribution in [0.2, 0.25) is 0 Å². The van der Waals surface area contributed by atoms with E-state index >= 15 is 0 Å². The maximum Gasteiger partial charge on any atom is 0.522 e. The molecule has 0 aliphatic carbocycles. The standard InChI is InChI=1S/C22H25F3N2O4/c1-21(19-5-3-4-10-26-19)8-11-27(12-9-21)20(28)16-6-7-17(18(15-16)29-2)30-13-14-31-22(23,24)25/h3-7,10,15H,8-9,11-14H2,1-2H3. The van der Waals surface area contributed by atoms with Crippen LogP contribution in [0, 0.1) is 0 Å². The number of halogens is 3. The van der Waals surface area contributed by atoms with Crippen LogP contribution in [0.15, 0.2) is 42.6 Å². The highest BCUT2D eigenvalue weighted by molar-refractivity contribution is 5.95. The van der Waals surface area contributed by atoms with E-state index in [2.05, 4.69) is 16.6 Å². The van der Waals surface area contributed by atoms with Gasteiger partial charge < -0.3 is 14.4 Å². The van der Waals surface area contributed by atoms with Crippen LogP contribution in [0.4, 0.5) is 13.2 Å². The van der Waals surface area contributed by atoms with Crippen LogP contribution in [0.25, 0.3) is 0 Å². The van der Waals surface area contributed by atoms with Gasteiger partial charge in [0.05, 0.1) is 13.7 Å². The molecule has 0 radical (unpaired) electrons. The number of ether oxygens (including phenoxy) is 3. The van der Waals surface area contributed by atoms with Crippen molar-refractivity contribution in [3.8, 4) is 11.5 Å². The number of carbonyl (C=O) groups excluding carboxylic acids is 1. The zero-order chi connectivity index (χ0) is 22.5. The van der Waals surface area contributed by atoms with E-state index in [4.69, 9.17) is 9.47 Å². The maximum atomic E-state index is 13.0. The Hall–Kier alpha value is -2.81. The molecule has 0 saturated carbocycles. The number of piperidine rings is 1. The number of benzene rings is 1. The average Bonchev–Trinajstić information content (AvgIpc) is 2.77. The molecule has 1 fully saturated rings. The molecule has 9 heteroatoms. The molecule has 0 N–H and O–H groups in total. The molecule has 0 bridgehead atoms. The largest absolute Gasteiger partial charge is 0.522 e. The van der Waals surface area contributed by atoms with Gasteiger partial charge in [-0.15, -0.1) is 13.2 Å². The summed E-state index contributed by atoms with van der Waals surface area (Å²) in [6.07, 6.45) is -1.32. The van der Waals surface area contributed by atoms with E-state index < -0.39 is 13.0 Å². The van der Waals surface area contributed by atoms with Crippen molar-refractivity contribution in [1.82, 2.24) is 9.88 Å². The molecule has 0 spiro atoms. The van der Waals surface area contributed by atoms with Gasteiger partial charge in [-0.1, -0.05) is 13.0 Å². The molecule has 0 unspecified atom stereocenters. The van der Waals surface area contributed by atoms with Gasteiger partial charge in [0.2, 0.25) is 0 Å². The fourth-order valence-corrected chi connectivity index (χ4v) is 3.59. The number of methoxy groups -OCH3 is 1. The van der Waals surface area contributed by atoms with Crippen molar-refractivity contribution in [2.45, 2.75) is 31.5 Å². The highest BCUT2D eigenvalue weighted by atomic mass is 19.4. The lowest BCUT2D eigenvalue weighted by molar-refractivity contribution is -0.325. The molecule has 1 aliphatic heterocycles. The quantitative estimate of drug-likeness (QED) is 0.607. The van der Waals surface area contributed by atoms with Crippen molar-refractivity contribution in [3.05, 3.63) is 53.9 Å². The Morgan fingerprint density at radius 1 is 1.13 bits per heavy atom. The number of aromatic nitrogens is 1. The minimum absolute atomic E-state index is 0.0775. The zero-order valence-corrected chi connectivity index (χ0v) is 17.4. The van der Waals surface area contributed by atoms with E-state index in [1.165, 1.54) is 19.2 Å². The van der Waals surface area contributed by atoms with Gasteiger partial charge in [-0.05, 0) is 43.2 Å². The summed E-state index contributed by atoms with van der Waals surface area (Å²) in [7, 11) is 1.40. The summed E-state index contributed by atoms with van der Waals surface area (Å²) in [5.41, 5.74) is 1.38. The summed E-state index contributed by atoms with van der Waals surface area (Å²) < 4.78 is 50.4. The van der Waals surface area contributed by atoms with Gasteiger partial charge >= 0.3 is 6.36 Å². The third-order valence-corrected chi connectivity index (χ3v) is 5.45. The molecule has 2 aromatic rings. The first kappa shape index (κ1) is 22.9. The van der Waals surface area contributed by atoms with Crippen molar-refractivity contribution < 1.29 is 32.2 Å². The van der Waals surface area contributed by atoms with Gasteiger partial charge in [0.1, 0.15) is 6.61 Å². The van der Waals surface area contributed by atoms with Crippen LogP contribution in [0.3, 0.4) is 0 Å². The third-order valence-electron chi connectivity index (χ3n) is 5.45. The Kier molecular flexibility index (Phi) is 7.04. The molecular formula is C22H25F3N2O4. The first-order valence-electron chi connectivity index (χ1n) is 9.94. The van der Waals surface area contributed by atoms with Gasteiger partial charge in [-0.2, -0.15) is 0 Å². The number of rotatable bonds is 7. The summed E-state index contributed by atoms with van der Waals surface area (Å²) in [6.45, 7) is 2.41. The van der Waals surface area contributed by atoms with Crippen molar-refractivity contribution >= 4 is 5.91 Å².